The van der Waals surface area contributed by atoms with E-state index in [1.54, 1.807) is 29.1 Å². The first-order valence-corrected chi connectivity index (χ1v) is 20.2. The molecule has 5 aromatic carbocycles. The Morgan fingerprint density at radius 3 is 1.14 bits per heavy atom. The van der Waals surface area contributed by atoms with Gasteiger partial charge in [0.25, 0.3) is 0 Å². The average Bonchev–Trinajstić information content (AvgIpc) is 3.36. The molecule has 71 heavy (non-hydrogen) atoms. The van der Waals surface area contributed by atoms with Crippen LogP contribution in [0.3, 0.4) is 0 Å². The number of unbranched alkanes of at least 4 members (excludes halogenated alkanes) is 5. The van der Waals surface area contributed by atoms with Crippen molar-refractivity contribution >= 4 is 39.7 Å². The summed E-state index contributed by atoms with van der Waals surface area (Å²) in [6, 6.07) is 9.08. The van der Waals surface area contributed by atoms with E-state index in [0.29, 0.717) is 12.2 Å². The molecule has 6 rings (SSSR count). The first kappa shape index (κ1) is 54.9. The molecule has 0 saturated heterocycles. The molecule has 0 amide bonds. The first-order chi connectivity index (χ1) is 33.4. The van der Waals surface area contributed by atoms with Crippen LogP contribution < -0.4 is 26.4 Å². The number of ketones is 1. The van der Waals surface area contributed by atoms with Gasteiger partial charge in [-0.25, -0.2) is 97.6 Å². The van der Waals surface area contributed by atoms with Crippen LogP contribution in [0.15, 0.2) is 48.9 Å². The van der Waals surface area contributed by atoms with Gasteiger partial charge < -0.3 is 4.74 Å². The van der Waals surface area contributed by atoms with Crippen LogP contribution >= 0.6 is 0 Å². The second-order valence-electron chi connectivity index (χ2n) is 15.1. The smallest absolute Gasteiger partial charge is 0.363 e. The van der Waals surface area contributed by atoms with E-state index in [1.165, 1.54) is 31.9 Å². The van der Waals surface area contributed by atoms with E-state index >= 15 is 35.1 Å². The molecule has 0 spiro atoms. The number of carbonyl (C=O) groups is 2. The lowest BCUT2D eigenvalue weighted by atomic mass is 9.12. The number of nitrogens with zero attached hydrogens (tertiary/aromatic N) is 2. The van der Waals surface area contributed by atoms with E-state index in [-0.39, 0.29) is 18.0 Å². The van der Waals surface area contributed by atoms with Crippen LogP contribution in [0.4, 0.5) is 87.8 Å². The molecule has 6 aromatic rings. The highest BCUT2D eigenvalue weighted by Crippen LogP contribution is 2.31. The van der Waals surface area contributed by atoms with Crippen LogP contribution in [0.5, 0.6) is 0 Å². The summed E-state index contributed by atoms with van der Waals surface area (Å²) in [5.41, 5.74) is -13.5. The maximum atomic E-state index is 15.4. The molecule has 26 heteroatoms. The number of esters is 1. The molecule has 0 fully saturated rings. The van der Waals surface area contributed by atoms with Gasteiger partial charge in [0.15, 0.2) is 76.0 Å². The number of aromatic nitrogens is 2. The van der Waals surface area contributed by atoms with Crippen molar-refractivity contribution in [3.8, 4) is 0 Å². The molecule has 0 atom stereocenters. The predicted octanol–water partition coefficient (Wildman–Crippen LogP) is 9.62. The third kappa shape index (κ3) is 10.1. The molecular weight excluding hydrogens is 1010 g/mol. The number of ether oxygens (including phenoxy) is 1. The summed E-state index contributed by atoms with van der Waals surface area (Å²) in [5, 5.41) is 0. The monoisotopic (exact) mass is 1030 g/mol. The van der Waals surface area contributed by atoms with Crippen molar-refractivity contribution in [2.45, 2.75) is 52.0 Å². The van der Waals surface area contributed by atoms with Crippen LogP contribution in [-0.4, -0.2) is 29.5 Å². The van der Waals surface area contributed by atoms with Crippen molar-refractivity contribution < 1.29 is 107 Å². The second-order valence-corrected chi connectivity index (χ2v) is 15.1. The minimum absolute atomic E-state index is 0.0202. The second kappa shape index (κ2) is 22.4. The Morgan fingerprint density at radius 1 is 0.465 bits per heavy atom. The molecule has 0 N–H and O–H groups in total. The van der Waals surface area contributed by atoms with E-state index in [2.05, 4.69) is 11.9 Å². The van der Waals surface area contributed by atoms with Crippen molar-refractivity contribution in [3.63, 3.8) is 0 Å². The van der Waals surface area contributed by atoms with Gasteiger partial charge in [0.05, 0.1) is 12.8 Å². The molecule has 0 unspecified atom stereocenters. The first-order valence-electron chi connectivity index (χ1n) is 20.2. The zero-order valence-corrected chi connectivity index (χ0v) is 35.5. The molecule has 1 heterocycles. The highest BCUT2D eigenvalue weighted by Gasteiger charge is 2.52. The summed E-state index contributed by atoms with van der Waals surface area (Å²) in [6.45, 7) is 2.75. The van der Waals surface area contributed by atoms with Crippen LogP contribution in [0.2, 0.25) is 0 Å². The largest absolute Gasteiger partial charge is 0.461 e. The summed E-state index contributed by atoms with van der Waals surface area (Å²) in [5.74, 6) is -71.9. The van der Waals surface area contributed by atoms with E-state index in [0.717, 1.165) is 12.8 Å². The summed E-state index contributed by atoms with van der Waals surface area (Å²) in [4.78, 5) is 28.4. The summed E-state index contributed by atoms with van der Waals surface area (Å²) < 4.78 is 301. The van der Waals surface area contributed by atoms with E-state index < -0.39 is 150 Å². The summed E-state index contributed by atoms with van der Waals surface area (Å²) in [7, 11) is 0. The Balaban J connectivity index is 0.000000306. The molecule has 0 aliphatic rings. The zero-order valence-electron chi connectivity index (χ0n) is 35.5. The van der Waals surface area contributed by atoms with Gasteiger partial charge in [-0.05, 0) is 6.42 Å². The topological polar surface area (TPSA) is 60.1 Å². The van der Waals surface area contributed by atoms with Gasteiger partial charge >= 0.3 is 5.97 Å². The molecule has 0 aliphatic heterocycles. The van der Waals surface area contributed by atoms with Crippen LogP contribution in [0, 0.1) is 116 Å². The number of rotatable bonds is 15. The highest BCUT2D eigenvalue weighted by atomic mass is 19.2. The van der Waals surface area contributed by atoms with Crippen molar-refractivity contribution in [2.75, 3.05) is 6.61 Å². The van der Waals surface area contributed by atoms with Crippen molar-refractivity contribution in [2.24, 2.45) is 0 Å². The van der Waals surface area contributed by atoms with E-state index in [4.69, 9.17) is 4.74 Å². The number of hydrogen-bond acceptors (Lipinski definition) is 4. The number of halogens is 20. The Kier molecular flexibility index (Phi) is 17.3. The SMILES string of the molecule is CCCCCCCCOC(=O)c1c[n+](CC(=O)c2ccccc2)ccn1.Fc1c(F)c(F)c([B-](c2c(F)c(F)c(F)c(F)c2F)(c2c(F)c(F)c(F)c(F)c2F)c2c(F)c(F)c(F)c(F)c2F)c(F)c1F. The van der Waals surface area contributed by atoms with Gasteiger partial charge in [0.1, 0.15) is 52.7 Å². The predicted molar refractivity (Wildman–Crippen MR) is 208 cm³/mol. The maximum absolute atomic E-state index is 15.4. The normalized spacial score (nSPS) is 11.5. The van der Waals surface area contributed by atoms with Gasteiger partial charge in [-0.1, -0.05) is 69.4 Å². The van der Waals surface area contributed by atoms with Gasteiger partial charge in [-0.2, -0.15) is 4.57 Å². The van der Waals surface area contributed by atoms with Gasteiger partial charge in [0.2, 0.25) is 24.2 Å². The highest BCUT2D eigenvalue weighted by molar-refractivity contribution is 7.20. The molecular formula is C45H27BF20N2O3. The minimum atomic E-state index is -7.22. The number of Topliss-reactive ketones (excluding diaryl/α,β-unsaturated/α-hetero) is 1. The quantitative estimate of drug-likeness (QED) is 0.0150. The third-order valence-corrected chi connectivity index (χ3v) is 10.8. The summed E-state index contributed by atoms with van der Waals surface area (Å²) in [6.07, 6.45) is 4.37. The molecule has 0 bridgehead atoms. The fourth-order valence-corrected chi connectivity index (χ4v) is 7.51. The van der Waals surface area contributed by atoms with Crippen LogP contribution in [0.1, 0.15) is 66.3 Å². The maximum Gasteiger partial charge on any atom is 0.363 e. The molecule has 0 radical (unpaired) electrons. The number of benzene rings is 5. The molecule has 378 valence electrons. The lowest BCUT2D eigenvalue weighted by molar-refractivity contribution is -0.683. The lowest BCUT2D eigenvalue weighted by Gasteiger charge is -2.44. The Morgan fingerprint density at radius 2 is 0.789 bits per heavy atom. The Hall–Kier alpha value is -7.02. The fraction of sp³-hybridized carbons (Fsp3) is 0.200. The number of carbonyl (C=O) groups excluding carboxylic acids is 2. The van der Waals surface area contributed by atoms with Crippen LogP contribution in [0.25, 0.3) is 0 Å². The standard InChI is InChI=1S/C24BF20.C21H27N2O3/c26-5-1(6(27)14(35)21(42)13(5)34)25(2-7(28)15(36)22(43)16(37)8(2)29,3-9(30)17(38)23(44)18(39)10(3)31)4-11(32)19(40)24(45)20(41)12(4)33;1-2-3-4-5-6-10-15-26-21(25)19-16-23(14-13-22-19)17-20(24)18-11-8-7-9-12-18/h;7-9,11-14,16H,2-6,10,15,17H2,1H3/q-1;+1. The van der Waals surface area contributed by atoms with E-state index in [1.807, 2.05) is 18.2 Å². The summed E-state index contributed by atoms with van der Waals surface area (Å²) >= 11 is 0. The molecule has 0 saturated carbocycles. The minimum Gasteiger partial charge on any atom is -0.461 e. The lowest BCUT2D eigenvalue weighted by Crippen LogP contribution is -2.81. The number of hydrogen-bond donors (Lipinski definition) is 0. The fourth-order valence-electron chi connectivity index (χ4n) is 7.51. The third-order valence-electron chi connectivity index (χ3n) is 10.8. The van der Waals surface area contributed by atoms with Gasteiger partial charge in [0, 0.05) is 5.56 Å². The van der Waals surface area contributed by atoms with Crippen molar-refractivity contribution in [1.29, 1.82) is 0 Å². The van der Waals surface area contributed by atoms with Crippen molar-refractivity contribution in [1.82, 2.24) is 4.98 Å². The zero-order chi connectivity index (χ0) is 53.0. The Bertz CT molecular complexity index is 2650. The molecule has 1 aromatic heterocycles. The molecule has 0 aliphatic carbocycles. The average molecular weight is 1030 g/mol. The Labute approximate surface area is 386 Å². The van der Waals surface area contributed by atoms with Gasteiger partial charge in [-0.15, -0.1) is 21.9 Å². The van der Waals surface area contributed by atoms with Gasteiger partial charge in [-0.3, -0.25) is 4.79 Å². The van der Waals surface area contributed by atoms with Crippen LogP contribution in [-0.2, 0) is 11.3 Å². The van der Waals surface area contributed by atoms with Crippen molar-refractivity contribution in [3.05, 3.63) is 177 Å². The molecule has 5 nitrogen and oxygen atoms in total. The van der Waals surface area contributed by atoms with E-state index in [9.17, 15) is 62.3 Å².